The van der Waals surface area contributed by atoms with E-state index in [1.54, 1.807) is 12.1 Å². The Labute approximate surface area is 159 Å². The smallest absolute Gasteiger partial charge is 0.387 e. The van der Waals surface area contributed by atoms with Gasteiger partial charge in [0.05, 0.1) is 7.11 Å². The number of alkyl halides is 2. The van der Waals surface area contributed by atoms with E-state index in [1.807, 2.05) is 0 Å². The minimum absolute atomic E-state index is 0.0868. The monoisotopic (exact) mass is 396 g/mol. The van der Waals surface area contributed by atoms with Crippen molar-refractivity contribution in [1.29, 1.82) is 0 Å². The van der Waals surface area contributed by atoms with Gasteiger partial charge in [-0.25, -0.2) is 4.79 Å². The Bertz CT molecular complexity index is 834. The number of hydrogen-bond donors (Lipinski definition) is 0. The molecule has 2 aromatic rings. The fourth-order valence-corrected chi connectivity index (χ4v) is 2.18. The van der Waals surface area contributed by atoms with Crippen LogP contribution >= 0.6 is 11.6 Å². The number of benzene rings is 2. The molecule has 0 aromatic heterocycles. The van der Waals surface area contributed by atoms with Crippen LogP contribution < -0.4 is 9.47 Å². The van der Waals surface area contributed by atoms with Gasteiger partial charge in [0.2, 0.25) is 0 Å². The molecule has 0 saturated carbocycles. The van der Waals surface area contributed by atoms with Crippen molar-refractivity contribution in [3.63, 3.8) is 0 Å². The van der Waals surface area contributed by atoms with Crippen LogP contribution in [0.5, 0.6) is 11.5 Å². The van der Waals surface area contributed by atoms with E-state index >= 15 is 0 Å². The van der Waals surface area contributed by atoms with Gasteiger partial charge in [-0.15, -0.1) is 0 Å². The number of halogens is 3. The summed E-state index contributed by atoms with van der Waals surface area (Å²) in [5.74, 6) is -1.14. The summed E-state index contributed by atoms with van der Waals surface area (Å²) in [6.45, 7) is -3.40. The van der Waals surface area contributed by atoms with Crippen LogP contribution in [0.25, 0.3) is 6.08 Å². The maximum absolute atomic E-state index is 12.3. The normalized spacial score (nSPS) is 10.9. The third kappa shape index (κ3) is 6.38. The van der Waals surface area contributed by atoms with Crippen molar-refractivity contribution in [2.45, 2.75) is 6.61 Å². The van der Waals surface area contributed by atoms with Crippen LogP contribution in [0.4, 0.5) is 8.78 Å². The molecule has 0 fully saturated rings. The molecule has 2 rings (SSSR count). The summed E-state index contributed by atoms with van der Waals surface area (Å²) >= 11 is 5.74. The topological polar surface area (TPSA) is 61.8 Å². The molecule has 5 nitrogen and oxygen atoms in total. The number of methoxy groups -OCH3 is 1. The second kappa shape index (κ2) is 9.68. The zero-order valence-corrected chi connectivity index (χ0v) is 14.9. The largest absolute Gasteiger partial charge is 0.493 e. The SMILES string of the molecule is COc1cc(/C=C/C(=O)OCC(=O)c2ccc(Cl)cc2)ccc1OC(F)F. The Balaban J connectivity index is 1.94. The van der Waals surface area contributed by atoms with Crippen LogP contribution in [0, 0.1) is 0 Å². The van der Waals surface area contributed by atoms with E-state index in [1.165, 1.54) is 43.5 Å². The Kier molecular flexibility index (Phi) is 7.31. The number of ketones is 1. The predicted molar refractivity (Wildman–Crippen MR) is 95.4 cm³/mol. The molecule has 0 spiro atoms. The lowest BCUT2D eigenvalue weighted by atomic mass is 10.1. The molecule has 0 aliphatic rings. The number of Topliss-reactive ketones (excluding diaryl/α,β-unsaturated/α-hetero) is 1. The van der Waals surface area contributed by atoms with E-state index in [0.717, 1.165) is 6.08 Å². The van der Waals surface area contributed by atoms with Crippen molar-refractivity contribution in [2.24, 2.45) is 0 Å². The fourth-order valence-electron chi connectivity index (χ4n) is 2.05. The van der Waals surface area contributed by atoms with E-state index in [4.69, 9.17) is 21.1 Å². The molecular formula is C19H15ClF2O5. The minimum Gasteiger partial charge on any atom is -0.493 e. The maximum atomic E-state index is 12.3. The molecule has 2 aromatic carbocycles. The van der Waals surface area contributed by atoms with Crippen LogP contribution in [-0.2, 0) is 9.53 Å². The molecule has 0 bridgehead atoms. The van der Waals surface area contributed by atoms with Crippen molar-refractivity contribution in [3.05, 3.63) is 64.7 Å². The van der Waals surface area contributed by atoms with Gasteiger partial charge >= 0.3 is 12.6 Å². The molecule has 0 aliphatic carbocycles. The average molecular weight is 397 g/mol. The minimum atomic E-state index is -2.98. The highest BCUT2D eigenvalue weighted by Crippen LogP contribution is 2.29. The zero-order chi connectivity index (χ0) is 19.8. The van der Waals surface area contributed by atoms with Crippen LogP contribution in [0.15, 0.2) is 48.5 Å². The van der Waals surface area contributed by atoms with Gasteiger partial charge in [0, 0.05) is 16.7 Å². The zero-order valence-electron chi connectivity index (χ0n) is 14.2. The summed E-state index contributed by atoms with van der Waals surface area (Å²) in [6.07, 6.45) is 2.50. The summed E-state index contributed by atoms with van der Waals surface area (Å²) in [7, 11) is 1.30. The molecule has 0 atom stereocenters. The molecule has 0 unspecified atom stereocenters. The summed E-state index contributed by atoms with van der Waals surface area (Å²) in [4.78, 5) is 23.6. The summed E-state index contributed by atoms with van der Waals surface area (Å²) < 4.78 is 38.8. The second-order valence-corrected chi connectivity index (χ2v) is 5.60. The summed E-state index contributed by atoms with van der Waals surface area (Å²) in [5.41, 5.74) is 0.866. The number of carbonyl (C=O) groups excluding carboxylic acids is 2. The first kappa shape index (κ1) is 20.4. The van der Waals surface area contributed by atoms with E-state index in [2.05, 4.69) is 4.74 Å². The van der Waals surface area contributed by atoms with Gasteiger partial charge in [0.25, 0.3) is 0 Å². The van der Waals surface area contributed by atoms with Gasteiger partial charge in [-0.2, -0.15) is 8.78 Å². The van der Waals surface area contributed by atoms with Crippen LogP contribution in [0.2, 0.25) is 5.02 Å². The van der Waals surface area contributed by atoms with E-state index in [0.29, 0.717) is 16.1 Å². The van der Waals surface area contributed by atoms with Crippen molar-refractivity contribution in [2.75, 3.05) is 13.7 Å². The van der Waals surface area contributed by atoms with Gasteiger partial charge < -0.3 is 14.2 Å². The molecule has 0 radical (unpaired) electrons. The Hall–Kier alpha value is -2.93. The van der Waals surface area contributed by atoms with Crippen molar-refractivity contribution in [3.8, 4) is 11.5 Å². The Morgan fingerprint density at radius 3 is 2.44 bits per heavy atom. The van der Waals surface area contributed by atoms with Gasteiger partial charge in [0.15, 0.2) is 23.9 Å². The van der Waals surface area contributed by atoms with Crippen molar-refractivity contribution < 1.29 is 32.6 Å². The van der Waals surface area contributed by atoms with Gasteiger partial charge in [-0.05, 0) is 48.0 Å². The fraction of sp³-hybridized carbons (Fsp3) is 0.158. The molecule has 0 amide bonds. The van der Waals surface area contributed by atoms with E-state index in [-0.39, 0.29) is 17.3 Å². The highest BCUT2D eigenvalue weighted by molar-refractivity contribution is 6.30. The molecule has 8 heteroatoms. The number of carbonyl (C=O) groups is 2. The molecule has 142 valence electrons. The Morgan fingerprint density at radius 2 is 1.81 bits per heavy atom. The predicted octanol–water partition coefficient (Wildman–Crippen LogP) is 4.39. The lowest BCUT2D eigenvalue weighted by Crippen LogP contribution is -2.12. The van der Waals surface area contributed by atoms with Gasteiger partial charge in [0.1, 0.15) is 0 Å². The summed E-state index contributed by atoms with van der Waals surface area (Å²) in [5, 5.41) is 0.492. The first-order chi connectivity index (χ1) is 12.9. The molecule has 0 saturated heterocycles. The highest BCUT2D eigenvalue weighted by atomic mass is 35.5. The van der Waals surface area contributed by atoms with Gasteiger partial charge in [-0.3, -0.25) is 4.79 Å². The highest BCUT2D eigenvalue weighted by Gasteiger charge is 2.11. The number of esters is 1. The number of ether oxygens (including phenoxy) is 3. The molecule has 0 aliphatic heterocycles. The molecular weight excluding hydrogens is 382 g/mol. The molecule has 0 heterocycles. The lowest BCUT2D eigenvalue weighted by molar-refractivity contribution is -0.136. The van der Waals surface area contributed by atoms with Gasteiger partial charge in [-0.1, -0.05) is 17.7 Å². The molecule has 27 heavy (non-hydrogen) atoms. The quantitative estimate of drug-likeness (QED) is 0.376. The Morgan fingerprint density at radius 1 is 1.11 bits per heavy atom. The van der Waals surface area contributed by atoms with E-state index < -0.39 is 19.2 Å². The maximum Gasteiger partial charge on any atom is 0.387 e. The summed E-state index contributed by atoms with van der Waals surface area (Å²) in [6, 6.07) is 10.4. The first-order valence-electron chi connectivity index (χ1n) is 7.65. The third-order valence-electron chi connectivity index (χ3n) is 3.33. The lowest BCUT2D eigenvalue weighted by Gasteiger charge is -2.10. The van der Waals surface area contributed by atoms with E-state index in [9.17, 15) is 18.4 Å². The van der Waals surface area contributed by atoms with Crippen molar-refractivity contribution in [1.82, 2.24) is 0 Å². The van der Waals surface area contributed by atoms with Crippen LogP contribution in [0.3, 0.4) is 0 Å². The number of hydrogen-bond acceptors (Lipinski definition) is 5. The standard InChI is InChI=1S/C19H15ClF2O5/c1-25-17-10-12(2-8-16(17)27-19(21)22)3-9-18(24)26-11-15(23)13-4-6-14(20)7-5-13/h2-10,19H,11H2,1H3/b9-3+. The molecule has 0 N–H and O–H groups in total. The second-order valence-electron chi connectivity index (χ2n) is 5.16. The average Bonchev–Trinajstić information content (AvgIpc) is 2.65. The third-order valence-corrected chi connectivity index (χ3v) is 3.58. The van der Waals surface area contributed by atoms with Crippen LogP contribution in [0.1, 0.15) is 15.9 Å². The number of rotatable bonds is 8. The van der Waals surface area contributed by atoms with Crippen molar-refractivity contribution >= 4 is 29.4 Å². The van der Waals surface area contributed by atoms with Crippen LogP contribution in [-0.4, -0.2) is 32.1 Å². The first-order valence-corrected chi connectivity index (χ1v) is 8.03.